The second-order valence-electron chi connectivity index (χ2n) is 5.94. The van der Waals surface area contributed by atoms with Crippen LogP contribution in [0, 0.1) is 4.77 Å². The van der Waals surface area contributed by atoms with Crippen molar-refractivity contribution in [1.29, 1.82) is 0 Å². The third-order valence-electron chi connectivity index (χ3n) is 4.31. The molecule has 0 atom stereocenters. The molecular formula is C19H14ClN3O2S. The van der Waals surface area contributed by atoms with Crippen molar-refractivity contribution in [2.45, 2.75) is 6.42 Å². The monoisotopic (exact) mass is 383 g/mol. The summed E-state index contributed by atoms with van der Waals surface area (Å²) in [6.07, 6.45) is 2.53. The number of benzene rings is 2. The molecule has 0 aliphatic carbocycles. The summed E-state index contributed by atoms with van der Waals surface area (Å²) >= 11 is 11.2. The number of nitrogens with one attached hydrogen (secondary N) is 1. The van der Waals surface area contributed by atoms with E-state index in [2.05, 4.69) is 9.98 Å². The Morgan fingerprint density at radius 3 is 2.77 bits per heavy atom. The number of H-pyrrole nitrogens is 1. The number of aromatic hydroxyl groups is 1. The Morgan fingerprint density at radius 1 is 1.23 bits per heavy atom. The molecule has 1 aliphatic rings. The van der Waals surface area contributed by atoms with E-state index in [-0.39, 0.29) is 16.2 Å². The van der Waals surface area contributed by atoms with E-state index in [0.29, 0.717) is 10.7 Å². The van der Waals surface area contributed by atoms with Crippen LogP contribution in [-0.4, -0.2) is 21.2 Å². The standard InChI is InChI=1S/C19H14ClN3O2S/c20-13-4-6-14(7-5-13)23-18(25)15(17(24)22-19(23)26)10-12-3-1-2-11-8-9-21-16(11)12/h1-7,10,25H,8-9H2,(H,22,24,26)/b12-10+. The lowest BCUT2D eigenvalue weighted by atomic mass is 10.1. The van der Waals surface area contributed by atoms with Crippen molar-refractivity contribution in [1.82, 2.24) is 9.55 Å². The molecule has 0 amide bonds. The SMILES string of the molecule is O=c1[nH]c(=S)n(-c2ccc(Cl)cc2)c(O)c1/C=c1\cccc2c1=NCC2. The Morgan fingerprint density at radius 2 is 2.00 bits per heavy atom. The molecule has 0 spiro atoms. The molecule has 1 aromatic heterocycles. The molecule has 0 fully saturated rings. The smallest absolute Gasteiger partial charge is 0.262 e. The average molecular weight is 384 g/mol. The van der Waals surface area contributed by atoms with Crippen molar-refractivity contribution in [3.8, 4) is 11.6 Å². The summed E-state index contributed by atoms with van der Waals surface area (Å²) < 4.78 is 1.51. The van der Waals surface area contributed by atoms with Gasteiger partial charge < -0.3 is 5.11 Å². The first-order valence-corrected chi connectivity index (χ1v) is 8.81. The normalized spacial score (nSPS) is 13.5. The van der Waals surface area contributed by atoms with Crippen LogP contribution in [-0.2, 0) is 6.42 Å². The number of hydrogen-bond acceptors (Lipinski definition) is 4. The Balaban J connectivity index is 2.00. The number of fused-ring (bicyclic) bond motifs is 1. The van der Waals surface area contributed by atoms with E-state index in [0.717, 1.165) is 29.1 Å². The minimum atomic E-state index is -0.451. The summed E-state index contributed by atoms with van der Waals surface area (Å²) in [4.78, 5) is 19.5. The Labute approximate surface area is 158 Å². The van der Waals surface area contributed by atoms with Crippen LogP contribution in [0.1, 0.15) is 11.1 Å². The number of rotatable bonds is 2. The summed E-state index contributed by atoms with van der Waals surface area (Å²) in [6.45, 7) is 0.735. The average Bonchev–Trinajstić information content (AvgIpc) is 3.09. The van der Waals surface area contributed by atoms with E-state index in [1.54, 1.807) is 30.3 Å². The molecule has 0 saturated heterocycles. The molecule has 1 aliphatic heterocycles. The van der Waals surface area contributed by atoms with Crippen LogP contribution in [0.25, 0.3) is 11.8 Å². The molecule has 4 rings (SSSR count). The molecule has 130 valence electrons. The number of aromatic nitrogens is 2. The number of aromatic amines is 1. The summed E-state index contributed by atoms with van der Waals surface area (Å²) in [5.41, 5.74) is 1.42. The van der Waals surface area contributed by atoms with Gasteiger partial charge in [-0.1, -0.05) is 29.8 Å². The van der Waals surface area contributed by atoms with Crippen molar-refractivity contribution in [3.05, 3.63) is 84.3 Å². The largest absolute Gasteiger partial charge is 0.494 e. The fraction of sp³-hybridized carbons (Fsp3) is 0.105. The number of hydrogen-bond donors (Lipinski definition) is 2. The second kappa shape index (κ2) is 6.55. The van der Waals surface area contributed by atoms with Gasteiger partial charge in [0.25, 0.3) is 5.56 Å². The van der Waals surface area contributed by atoms with Crippen LogP contribution < -0.4 is 16.1 Å². The molecule has 0 unspecified atom stereocenters. The number of nitrogens with zero attached hydrogens (tertiary/aromatic N) is 2. The zero-order chi connectivity index (χ0) is 18.3. The molecule has 2 heterocycles. The topological polar surface area (TPSA) is 70.4 Å². The highest BCUT2D eigenvalue weighted by Crippen LogP contribution is 2.21. The van der Waals surface area contributed by atoms with E-state index < -0.39 is 5.56 Å². The van der Waals surface area contributed by atoms with Crippen molar-refractivity contribution < 1.29 is 5.11 Å². The fourth-order valence-corrected chi connectivity index (χ4v) is 3.47. The van der Waals surface area contributed by atoms with E-state index in [4.69, 9.17) is 23.8 Å². The van der Waals surface area contributed by atoms with Gasteiger partial charge in [-0.05, 0) is 54.5 Å². The summed E-state index contributed by atoms with van der Waals surface area (Å²) in [7, 11) is 0. The summed E-state index contributed by atoms with van der Waals surface area (Å²) in [5, 5.41) is 13.0. The Hall–Kier alpha value is -2.70. The molecule has 0 radical (unpaired) electrons. The molecule has 7 heteroatoms. The number of halogens is 1. The van der Waals surface area contributed by atoms with E-state index in [1.807, 2.05) is 18.2 Å². The van der Waals surface area contributed by atoms with Gasteiger partial charge in [0.15, 0.2) is 4.77 Å². The fourth-order valence-electron chi connectivity index (χ4n) is 3.06. The summed E-state index contributed by atoms with van der Waals surface area (Å²) in [5.74, 6) is -0.225. The first-order valence-electron chi connectivity index (χ1n) is 8.03. The lowest BCUT2D eigenvalue weighted by Crippen LogP contribution is -2.27. The van der Waals surface area contributed by atoms with Crippen LogP contribution in [0.15, 0.2) is 52.3 Å². The van der Waals surface area contributed by atoms with Crippen LogP contribution in [0.2, 0.25) is 5.02 Å². The molecule has 5 nitrogen and oxygen atoms in total. The Bertz CT molecular complexity index is 1240. The first-order chi connectivity index (χ1) is 12.5. The summed E-state index contributed by atoms with van der Waals surface area (Å²) in [6, 6.07) is 12.6. The van der Waals surface area contributed by atoms with Gasteiger partial charge in [-0.3, -0.25) is 19.3 Å². The van der Waals surface area contributed by atoms with Gasteiger partial charge in [0.1, 0.15) is 5.56 Å². The van der Waals surface area contributed by atoms with Gasteiger partial charge in [-0.25, -0.2) is 0 Å². The lowest BCUT2D eigenvalue weighted by Gasteiger charge is -2.11. The maximum Gasteiger partial charge on any atom is 0.262 e. The van der Waals surface area contributed by atoms with Crippen LogP contribution >= 0.6 is 23.8 Å². The van der Waals surface area contributed by atoms with Crippen molar-refractivity contribution >= 4 is 29.9 Å². The number of para-hydroxylation sites is 1. The highest BCUT2D eigenvalue weighted by Gasteiger charge is 2.13. The quantitative estimate of drug-likeness (QED) is 0.667. The molecule has 0 bridgehead atoms. The maximum atomic E-state index is 12.4. The predicted molar refractivity (Wildman–Crippen MR) is 103 cm³/mol. The third kappa shape index (κ3) is 2.87. The molecule has 26 heavy (non-hydrogen) atoms. The highest BCUT2D eigenvalue weighted by atomic mass is 35.5. The van der Waals surface area contributed by atoms with Gasteiger partial charge >= 0.3 is 0 Å². The van der Waals surface area contributed by atoms with Gasteiger partial charge in [0.2, 0.25) is 5.88 Å². The van der Waals surface area contributed by atoms with Crippen LogP contribution in [0.3, 0.4) is 0 Å². The van der Waals surface area contributed by atoms with Crippen LogP contribution in [0.4, 0.5) is 0 Å². The van der Waals surface area contributed by atoms with Crippen molar-refractivity contribution in [2.24, 2.45) is 4.99 Å². The zero-order valence-corrected chi connectivity index (χ0v) is 15.1. The van der Waals surface area contributed by atoms with E-state index in [1.165, 1.54) is 4.57 Å². The van der Waals surface area contributed by atoms with Gasteiger partial charge in [-0.2, -0.15) is 0 Å². The first kappa shape index (κ1) is 16.8. The third-order valence-corrected chi connectivity index (χ3v) is 4.84. The second-order valence-corrected chi connectivity index (χ2v) is 6.76. The van der Waals surface area contributed by atoms with Gasteiger partial charge in [0.05, 0.1) is 11.0 Å². The van der Waals surface area contributed by atoms with Gasteiger partial charge in [-0.15, -0.1) is 0 Å². The van der Waals surface area contributed by atoms with E-state index in [9.17, 15) is 9.90 Å². The van der Waals surface area contributed by atoms with Crippen molar-refractivity contribution in [3.63, 3.8) is 0 Å². The van der Waals surface area contributed by atoms with Crippen molar-refractivity contribution in [2.75, 3.05) is 6.54 Å². The molecule has 2 N–H and O–H groups in total. The van der Waals surface area contributed by atoms with Crippen LogP contribution in [0.5, 0.6) is 5.88 Å². The Kier molecular flexibility index (Phi) is 4.22. The van der Waals surface area contributed by atoms with E-state index >= 15 is 0 Å². The minimum absolute atomic E-state index is 0.106. The van der Waals surface area contributed by atoms with Gasteiger partial charge in [0, 0.05) is 16.8 Å². The maximum absolute atomic E-state index is 12.4. The molecular weight excluding hydrogens is 370 g/mol. The predicted octanol–water partition coefficient (Wildman–Crippen LogP) is 2.26. The molecule has 2 aromatic carbocycles. The highest BCUT2D eigenvalue weighted by molar-refractivity contribution is 7.71. The lowest BCUT2D eigenvalue weighted by molar-refractivity contribution is 0.432. The molecule has 0 saturated carbocycles. The zero-order valence-electron chi connectivity index (χ0n) is 13.6. The minimum Gasteiger partial charge on any atom is -0.494 e. The molecule has 3 aromatic rings.